The lowest BCUT2D eigenvalue weighted by molar-refractivity contribution is 0.140. The molecule has 0 saturated heterocycles. The number of aryl methyl sites for hydroxylation is 2. The van der Waals surface area contributed by atoms with Crippen LogP contribution in [0.15, 0.2) is 18.2 Å². The SMILES string of the molecule is CCOCCC(N)Cc1cc(C)ccc1C. The first kappa shape index (κ1) is 13.2. The Kier molecular flexibility index (Phi) is 5.50. The van der Waals surface area contributed by atoms with Gasteiger partial charge in [-0.2, -0.15) is 0 Å². The summed E-state index contributed by atoms with van der Waals surface area (Å²) in [5.74, 6) is 0. The second kappa shape index (κ2) is 6.66. The van der Waals surface area contributed by atoms with Crippen LogP contribution in [-0.4, -0.2) is 19.3 Å². The van der Waals surface area contributed by atoms with Crippen LogP contribution in [0.2, 0.25) is 0 Å². The minimum atomic E-state index is 0.201. The van der Waals surface area contributed by atoms with E-state index in [0.717, 1.165) is 26.1 Å². The number of benzene rings is 1. The third-order valence-corrected chi connectivity index (χ3v) is 2.82. The van der Waals surface area contributed by atoms with Gasteiger partial charge in [0.25, 0.3) is 0 Å². The normalized spacial score (nSPS) is 12.8. The maximum atomic E-state index is 6.09. The topological polar surface area (TPSA) is 35.2 Å². The zero-order valence-corrected chi connectivity index (χ0v) is 10.6. The van der Waals surface area contributed by atoms with Gasteiger partial charge in [-0.05, 0) is 44.7 Å². The predicted octanol–water partition coefficient (Wildman–Crippen LogP) is 2.60. The lowest BCUT2D eigenvalue weighted by atomic mass is 9.98. The number of rotatable bonds is 6. The summed E-state index contributed by atoms with van der Waals surface area (Å²) < 4.78 is 5.32. The van der Waals surface area contributed by atoms with E-state index in [0.29, 0.717) is 0 Å². The maximum Gasteiger partial charge on any atom is 0.0480 e. The molecule has 0 amide bonds. The molecule has 0 fully saturated rings. The molecule has 2 nitrogen and oxygen atoms in total. The second-order valence-electron chi connectivity index (χ2n) is 4.38. The zero-order chi connectivity index (χ0) is 12.0. The summed E-state index contributed by atoms with van der Waals surface area (Å²) >= 11 is 0. The lowest BCUT2D eigenvalue weighted by Crippen LogP contribution is -2.25. The van der Waals surface area contributed by atoms with Crippen LogP contribution in [0.1, 0.15) is 30.0 Å². The maximum absolute atomic E-state index is 6.09. The van der Waals surface area contributed by atoms with Gasteiger partial charge in [-0.25, -0.2) is 0 Å². The van der Waals surface area contributed by atoms with Gasteiger partial charge in [0.1, 0.15) is 0 Å². The van der Waals surface area contributed by atoms with E-state index < -0.39 is 0 Å². The van der Waals surface area contributed by atoms with Gasteiger partial charge in [0, 0.05) is 19.3 Å². The molecule has 2 N–H and O–H groups in total. The van der Waals surface area contributed by atoms with Crippen molar-refractivity contribution in [2.24, 2.45) is 5.73 Å². The summed E-state index contributed by atoms with van der Waals surface area (Å²) in [4.78, 5) is 0. The number of hydrogen-bond acceptors (Lipinski definition) is 2. The molecule has 0 spiro atoms. The van der Waals surface area contributed by atoms with E-state index in [2.05, 4.69) is 32.0 Å². The molecule has 0 aromatic heterocycles. The summed E-state index contributed by atoms with van der Waals surface area (Å²) in [6.45, 7) is 7.81. The van der Waals surface area contributed by atoms with Crippen molar-refractivity contribution in [1.82, 2.24) is 0 Å². The highest BCUT2D eigenvalue weighted by molar-refractivity contribution is 5.31. The Morgan fingerprint density at radius 3 is 2.75 bits per heavy atom. The van der Waals surface area contributed by atoms with Crippen LogP contribution < -0.4 is 5.73 Å². The lowest BCUT2D eigenvalue weighted by Gasteiger charge is -2.14. The number of ether oxygens (including phenoxy) is 1. The highest BCUT2D eigenvalue weighted by Crippen LogP contribution is 2.13. The zero-order valence-electron chi connectivity index (χ0n) is 10.6. The monoisotopic (exact) mass is 221 g/mol. The van der Waals surface area contributed by atoms with Crippen LogP contribution in [0.25, 0.3) is 0 Å². The van der Waals surface area contributed by atoms with E-state index >= 15 is 0 Å². The molecule has 1 aromatic rings. The molecule has 0 bridgehead atoms. The average molecular weight is 221 g/mol. The van der Waals surface area contributed by atoms with Crippen LogP contribution in [0.5, 0.6) is 0 Å². The summed E-state index contributed by atoms with van der Waals surface area (Å²) in [5.41, 5.74) is 10.1. The fraction of sp³-hybridized carbons (Fsp3) is 0.571. The molecular weight excluding hydrogens is 198 g/mol. The van der Waals surface area contributed by atoms with E-state index in [9.17, 15) is 0 Å². The molecule has 2 heteroatoms. The van der Waals surface area contributed by atoms with Crippen molar-refractivity contribution >= 4 is 0 Å². The molecule has 0 aliphatic rings. The molecule has 0 saturated carbocycles. The predicted molar refractivity (Wildman–Crippen MR) is 68.7 cm³/mol. The third kappa shape index (κ3) is 4.33. The molecule has 1 rings (SSSR count). The Morgan fingerprint density at radius 2 is 2.06 bits per heavy atom. The van der Waals surface area contributed by atoms with Gasteiger partial charge < -0.3 is 10.5 Å². The van der Waals surface area contributed by atoms with Crippen LogP contribution >= 0.6 is 0 Å². The Labute approximate surface area is 98.8 Å². The van der Waals surface area contributed by atoms with Gasteiger partial charge in [0.05, 0.1) is 0 Å². The Bertz CT molecular complexity index is 323. The van der Waals surface area contributed by atoms with Crippen LogP contribution in [0.3, 0.4) is 0 Å². The fourth-order valence-electron chi connectivity index (χ4n) is 1.78. The molecule has 90 valence electrons. The number of nitrogens with two attached hydrogens (primary N) is 1. The molecule has 1 aromatic carbocycles. The third-order valence-electron chi connectivity index (χ3n) is 2.82. The van der Waals surface area contributed by atoms with Gasteiger partial charge in [-0.15, -0.1) is 0 Å². The fourth-order valence-corrected chi connectivity index (χ4v) is 1.78. The Balaban J connectivity index is 2.48. The van der Waals surface area contributed by atoms with Gasteiger partial charge >= 0.3 is 0 Å². The second-order valence-corrected chi connectivity index (χ2v) is 4.38. The van der Waals surface area contributed by atoms with E-state index in [4.69, 9.17) is 10.5 Å². The first-order valence-corrected chi connectivity index (χ1v) is 6.03. The van der Waals surface area contributed by atoms with Crippen molar-refractivity contribution in [3.63, 3.8) is 0 Å². The van der Waals surface area contributed by atoms with Crippen LogP contribution in [0.4, 0.5) is 0 Å². The Hall–Kier alpha value is -0.860. The molecule has 0 aliphatic heterocycles. The van der Waals surface area contributed by atoms with Crippen molar-refractivity contribution in [3.05, 3.63) is 34.9 Å². The summed E-state index contributed by atoms with van der Waals surface area (Å²) in [6, 6.07) is 6.74. The van der Waals surface area contributed by atoms with Gasteiger partial charge in [-0.3, -0.25) is 0 Å². The minimum absolute atomic E-state index is 0.201. The van der Waals surface area contributed by atoms with E-state index in [-0.39, 0.29) is 6.04 Å². The minimum Gasteiger partial charge on any atom is -0.382 e. The van der Waals surface area contributed by atoms with E-state index in [1.54, 1.807) is 0 Å². The molecule has 16 heavy (non-hydrogen) atoms. The largest absolute Gasteiger partial charge is 0.382 e. The van der Waals surface area contributed by atoms with E-state index in [1.165, 1.54) is 16.7 Å². The molecule has 0 aliphatic carbocycles. The van der Waals surface area contributed by atoms with E-state index in [1.807, 2.05) is 6.92 Å². The highest BCUT2D eigenvalue weighted by Gasteiger charge is 2.06. The average Bonchev–Trinajstić information content (AvgIpc) is 2.24. The number of hydrogen-bond donors (Lipinski definition) is 1. The van der Waals surface area contributed by atoms with Crippen molar-refractivity contribution in [2.75, 3.05) is 13.2 Å². The smallest absolute Gasteiger partial charge is 0.0480 e. The van der Waals surface area contributed by atoms with Crippen molar-refractivity contribution in [1.29, 1.82) is 0 Å². The first-order valence-electron chi connectivity index (χ1n) is 6.03. The summed E-state index contributed by atoms with van der Waals surface area (Å²) in [6.07, 6.45) is 1.88. The highest BCUT2D eigenvalue weighted by atomic mass is 16.5. The van der Waals surface area contributed by atoms with Gasteiger partial charge in [-0.1, -0.05) is 23.8 Å². The molecule has 1 atom stereocenters. The van der Waals surface area contributed by atoms with Crippen molar-refractivity contribution in [3.8, 4) is 0 Å². The molecule has 1 unspecified atom stereocenters. The summed E-state index contributed by atoms with van der Waals surface area (Å²) in [5, 5.41) is 0. The Morgan fingerprint density at radius 1 is 1.31 bits per heavy atom. The van der Waals surface area contributed by atoms with Crippen LogP contribution in [0, 0.1) is 13.8 Å². The van der Waals surface area contributed by atoms with Crippen molar-refractivity contribution < 1.29 is 4.74 Å². The first-order chi connectivity index (χ1) is 7.63. The van der Waals surface area contributed by atoms with Crippen LogP contribution in [-0.2, 0) is 11.2 Å². The molecule has 0 heterocycles. The standard InChI is InChI=1S/C14H23NO/c1-4-16-8-7-14(15)10-13-9-11(2)5-6-12(13)3/h5-6,9,14H,4,7-8,10,15H2,1-3H3. The molecular formula is C14H23NO. The van der Waals surface area contributed by atoms with Gasteiger partial charge in [0.2, 0.25) is 0 Å². The van der Waals surface area contributed by atoms with Gasteiger partial charge in [0.15, 0.2) is 0 Å². The molecule has 0 radical (unpaired) electrons. The quantitative estimate of drug-likeness (QED) is 0.749. The summed E-state index contributed by atoms with van der Waals surface area (Å²) in [7, 11) is 0. The van der Waals surface area contributed by atoms with Crippen molar-refractivity contribution in [2.45, 2.75) is 39.7 Å².